The summed E-state index contributed by atoms with van der Waals surface area (Å²) in [6, 6.07) is 6.41. The highest BCUT2D eigenvalue weighted by Gasteiger charge is 2.03. The zero-order chi connectivity index (χ0) is 12.0. The van der Waals surface area contributed by atoms with Crippen molar-refractivity contribution in [3.05, 3.63) is 34.9 Å². The average Bonchev–Trinajstić information content (AvgIpc) is 2.23. The molecule has 0 amide bonds. The van der Waals surface area contributed by atoms with Gasteiger partial charge in [0.1, 0.15) is 0 Å². The minimum atomic E-state index is 0.284. The van der Waals surface area contributed by atoms with Crippen LogP contribution in [0.3, 0.4) is 0 Å². The first-order chi connectivity index (χ1) is 7.65. The standard InChI is InChI=1S/C14H23NO/c1-11(7-8-16)9-15-10-14-12(2)5-4-6-13(14)3/h4-6,11,15-16H,7-10H2,1-3H3. The van der Waals surface area contributed by atoms with E-state index in [0.29, 0.717) is 5.92 Å². The highest BCUT2D eigenvalue weighted by Crippen LogP contribution is 2.12. The molecule has 0 radical (unpaired) electrons. The van der Waals surface area contributed by atoms with Crippen LogP contribution in [0.15, 0.2) is 18.2 Å². The second-order valence-corrected chi connectivity index (χ2v) is 4.62. The molecule has 2 heteroatoms. The Bertz CT molecular complexity index is 302. The van der Waals surface area contributed by atoms with Gasteiger partial charge in [-0.3, -0.25) is 0 Å². The lowest BCUT2D eigenvalue weighted by Crippen LogP contribution is -2.22. The van der Waals surface area contributed by atoms with E-state index in [-0.39, 0.29) is 6.61 Å². The Morgan fingerprint density at radius 2 is 1.88 bits per heavy atom. The van der Waals surface area contributed by atoms with Crippen molar-refractivity contribution in [2.24, 2.45) is 5.92 Å². The Labute approximate surface area is 98.7 Å². The fourth-order valence-corrected chi connectivity index (χ4v) is 1.89. The quantitative estimate of drug-likeness (QED) is 0.773. The second-order valence-electron chi connectivity index (χ2n) is 4.62. The number of aliphatic hydroxyl groups is 1. The van der Waals surface area contributed by atoms with Gasteiger partial charge in [0, 0.05) is 13.2 Å². The molecule has 0 aliphatic rings. The van der Waals surface area contributed by atoms with E-state index >= 15 is 0 Å². The Balaban J connectivity index is 2.43. The third kappa shape index (κ3) is 3.95. The fraction of sp³-hybridized carbons (Fsp3) is 0.571. The van der Waals surface area contributed by atoms with Gasteiger partial charge in [-0.1, -0.05) is 25.1 Å². The molecule has 16 heavy (non-hydrogen) atoms. The highest BCUT2D eigenvalue weighted by atomic mass is 16.3. The largest absolute Gasteiger partial charge is 0.396 e. The van der Waals surface area contributed by atoms with Gasteiger partial charge in [-0.2, -0.15) is 0 Å². The summed E-state index contributed by atoms with van der Waals surface area (Å²) in [6.07, 6.45) is 0.875. The molecular formula is C14H23NO. The molecule has 1 unspecified atom stereocenters. The zero-order valence-electron chi connectivity index (χ0n) is 10.6. The molecule has 1 atom stereocenters. The Kier molecular flexibility index (Phi) is 5.50. The molecule has 0 saturated carbocycles. The monoisotopic (exact) mass is 221 g/mol. The summed E-state index contributed by atoms with van der Waals surface area (Å²) in [7, 11) is 0. The summed E-state index contributed by atoms with van der Waals surface area (Å²) in [5.41, 5.74) is 4.10. The zero-order valence-corrected chi connectivity index (χ0v) is 10.6. The van der Waals surface area contributed by atoms with Crippen LogP contribution in [-0.2, 0) is 6.54 Å². The van der Waals surface area contributed by atoms with Crippen LogP contribution in [0.4, 0.5) is 0 Å². The van der Waals surface area contributed by atoms with Crippen LogP contribution in [0.2, 0.25) is 0 Å². The van der Waals surface area contributed by atoms with Crippen LogP contribution in [0.5, 0.6) is 0 Å². The van der Waals surface area contributed by atoms with Gasteiger partial charge in [-0.25, -0.2) is 0 Å². The summed E-state index contributed by atoms with van der Waals surface area (Å²) >= 11 is 0. The van der Waals surface area contributed by atoms with E-state index in [2.05, 4.69) is 44.3 Å². The van der Waals surface area contributed by atoms with Crippen molar-refractivity contribution in [1.82, 2.24) is 5.32 Å². The molecule has 0 heterocycles. The number of aliphatic hydroxyl groups excluding tert-OH is 1. The maximum absolute atomic E-state index is 8.81. The van der Waals surface area contributed by atoms with Gasteiger partial charge >= 0.3 is 0 Å². The van der Waals surface area contributed by atoms with Crippen molar-refractivity contribution in [2.45, 2.75) is 33.7 Å². The van der Waals surface area contributed by atoms with E-state index in [1.165, 1.54) is 16.7 Å². The van der Waals surface area contributed by atoms with Crippen LogP contribution < -0.4 is 5.32 Å². The van der Waals surface area contributed by atoms with Crippen molar-refractivity contribution < 1.29 is 5.11 Å². The van der Waals surface area contributed by atoms with Crippen molar-refractivity contribution in [2.75, 3.05) is 13.2 Å². The predicted octanol–water partition coefficient (Wildman–Crippen LogP) is 2.41. The molecule has 0 spiro atoms. The lowest BCUT2D eigenvalue weighted by atomic mass is 10.0. The van der Waals surface area contributed by atoms with Crippen LogP contribution in [0.1, 0.15) is 30.0 Å². The Hall–Kier alpha value is -0.860. The molecule has 1 aromatic carbocycles. The number of nitrogens with one attached hydrogen (secondary N) is 1. The molecular weight excluding hydrogens is 198 g/mol. The first-order valence-electron chi connectivity index (χ1n) is 6.01. The maximum Gasteiger partial charge on any atom is 0.0434 e. The minimum Gasteiger partial charge on any atom is -0.396 e. The first kappa shape index (κ1) is 13.2. The highest BCUT2D eigenvalue weighted by molar-refractivity contribution is 5.33. The van der Waals surface area contributed by atoms with Crippen LogP contribution in [0.25, 0.3) is 0 Å². The predicted molar refractivity (Wildman–Crippen MR) is 68.5 cm³/mol. The molecule has 2 N–H and O–H groups in total. The van der Waals surface area contributed by atoms with E-state index in [9.17, 15) is 0 Å². The minimum absolute atomic E-state index is 0.284. The lowest BCUT2D eigenvalue weighted by molar-refractivity contribution is 0.260. The van der Waals surface area contributed by atoms with Crippen molar-refractivity contribution in [3.8, 4) is 0 Å². The van der Waals surface area contributed by atoms with Crippen molar-refractivity contribution in [3.63, 3.8) is 0 Å². The third-order valence-corrected chi connectivity index (χ3v) is 3.06. The maximum atomic E-state index is 8.81. The normalized spacial score (nSPS) is 12.8. The van der Waals surface area contributed by atoms with Crippen LogP contribution >= 0.6 is 0 Å². The van der Waals surface area contributed by atoms with Gasteiger partial charge < -0.3 is 10.4 Å². The van der Waals surface area contributed by atoms with Gasteiger partial charge in [-0.05, 0) is 49.4 Å². The third-order valence-electron chi connectivity index (χ3n) is 3.06. The summed E-state index contributed by atoms with van der Waals surface area (Å²) < 4.78 is 0. The summed E-state index contributed by atoms with van der Waals surface area (Å²) in [4.78, 5) is 0. The number of aryl methyl sites for hydroxylation is 2. The van der Waals surface area contributed by atoms with Gasteiger partial charge in [0.25, 0.3) is 0 Å². The number of hydrogen-bond donors (Lipinski definition) is 2. The summed E-state index contributed by atoms with van der Waals surface area (Å²) in [6.45, 7) is 8.64. The SMILES string of the molecule is Cc1cccc(C)c1CNCC(C)CCO. The lowest BCUT2D eigenvalue weighted by Gasteiger charge is -2.14. The molecule has 0 aromatic heterocycles. The molecule has 0 fully saturated rings. The van der Waals surface area contributed by atoms with E-state index in [4.69, 9.17) is 5.11 Å². The molecule has 1 aromatic rings. The van der Waals surface area contributed by atoms with Gasteiger partial charge in [-0.15, -0.1) is 0 Å². The molecule has 2 nitrogen and oxygen atoms in total. The number of hydrogen-bond acceptors (Lipinski definition) is 2. The smallest absolute Gasteiger partial charge is 0.0434 e. The summed E-state index contributed by atoms with van der Waals surface area (Å²) in [5, 5.41) is 12.3. The molecule has 0 bridgehead atoms. The molecule has 0 aliphatic carbocycles. The topological polar surface area (TPSA) is 32.3 Å². The first-order valence-corrected chi connectivity index (χ1v) is 6.01. The van der Waals surface area contributed by atoms with Crippen molar-refractivity contribution in [1.29, 1.82) is 0 Å². The summed E-state index contributed by atoms with van der Waals surface area (Å²) in [5.74, 6) is 0.536. The Morgan fingerprint density at radius 3 is 2.44 bits per heavy atom. The van der Waals surface area contributed by atoms with E-state index in [1.807, 2.05) is 0 Å². The molecule has 1 rings (SSSR count). The van der Waals surface area contributed by atoms with Crippen LogP contribution in [-0.4, -0.2) is 18.3 Å². The second kappa shape index (κ2) is 6.66. The van der Waals surface area contributed by atoms with Gasteiger partial charge in [0.2, 0.25) is 0 Å². The Morgan fingerprint density at radius 1 is 1.25 bits per heavy atom. The van der Waals surface area contributed by atoms with Gasteiger partial charge in [0.15, 0.2) is 0 Å². The number of rotatable bonds is 6. The van der Waals surface area contributed by atoms with Crippen molar-refractivity contribution >= 4 is 0 Å². The molecule has 90 valence electrons. The van der Waals surface area contributed by atoms with E-state index in [0.717, 1.165) is 19.5 Å². The van der Waals surface area contributed by atoms with E-state index < -0.39 is 0 Å². The van der Waals surface area contributed by atoms with Crippen LogP contribution in [0, 0.1) is 19.8 Å². The van der Waals surface area contributed by atoms with Gasteiger partial charge in [0.05, 0.1) is 0 Å². The fourth-order valence-electron chi connectivity index (χ4n) is 1.89. The number of benzene rings is 1. The molecule has 0 saturated heterocycles. The average molecular weight is 221 g/mol. The van der Waals surface area contributed by atoms with E-state index in [1.54, 1.807) is 0 Å². The molecule has 0 aliphatic heterocycles.